The smallest absolute Gasteiger partial charge is 0.377 e. The normalized spacial score (nSPS) is 12.1. The molecule has 0 aromatic rings. The van der Waals surface area contributed by atoms with E-state index in [0.29, 0.717) is 0 Å². The van der Waals surface area contributed by atoms with Crippen LogP contribution in [0.15, 0.2) is 0 Å². The molecule has 0 saturated heterocycles. The molecule has 0 unspecified atom stereocenters. The van der Waals surface area contributed by atoms with Crippen molar-refractivity contribution in [1.29, 1.82) is 0 Å². The number of ether oxygens (including phenoxy) is 2. The highest BCUT2D eigenvalue weighted by Gasteiger charge is 2.51. The molecule has 0 aliphatic carbocycles. The molecular weight excluding hydrogens is 204 g/mol. The van der Waals surface area contributed by atoms with Crippen LogP contribution in [0.3, 0.4) is 0 Å². The Hall–Kier alpha value is -1.14. The van der Waals surface area contributed by atoms with Crippen LogP contribution >= 0.6 is 0 Å². The van der Waals surface area contributed by atoms with E-state index in [0.717, 1.165) is 0 Å². The maximum Gasteiger partial charge on any atom is 0.377 e. The maximum atomic E-state index is 10.9. The first-order valence-corrected chi connectivity index (χ1v) is 4.54. The SMILES string of the molecule is CC(C)OC(OC(C)C)(C(=O)O)C(=O)O. The van der Waals surface area contributed by atoms with Crippen molar-refractivity contribution in [3.8, 4) is 0 Å². The van der Waals surface area contributed by atoms with E-state index in [1.165, 1.54) is 27.7 Å². The number of hydrogen-bond acceptors (Lipinski definition) is 4. The molecule has 2 N–H and O–H groups in total. The Kier molecular flexibility index (Phi) is 4.70. The lowest BCUT2D eigenvalue weighted by Gasteiger charge is -2.28. The zero-order valence-electron chi connectivity index (χ0n) is 9.18. The van der Waals surface area contributed by atoms with E-state index in [2.05, 4.69) is 0 Å². The van der Waals surface area contributed by atoms with Crippen molar-refractivity contribution in [2.24, 2.45) is 0 Å². The lowest BCUT2D eigenvalue weighted by atomic mass is 10.2. The van der Waals surface area contributed by atoms with Crippen LogP contribution in [0.25, 0.3) is 0 Å². The van der Waals surface area contributed by atoms with Gasteiger partial charge in [-0.1, -0.05) is 0 Å². The second kappa shape index (κ2) is 5.09. The van der Waals surface area contributed by atoms with Crippen molar-refractivity contribution >= 4 is 11.9 Å². The van der Waals surface area contributed by atoms with Gasteiger partial charge >= 0.3 is 17.7 Å². The van der Waals surface area contributed by atoms with Crippen LogP contribution in [0.2, 0.25) is 0 Å². The summed E-state index contributed by atoms with van der Waals surface area (Å²) in [6, 6.07) is 0. The summed E-state index contributed by atoms with van der Waals surface area (Å²) in [6.45, 7) is 6.13. The molecule has 0 spiro atoms. The fourth-order valence-electron chi connectivity index (χ4n) is 0.985. The summed E-state index contributed by atoms with van der Waals surface area (Å²) in [4.78, 5) is 21.8. The summed E-state index contributed by atoms with van der Waals surface area (Å²) in [5.41, 5.74) is 0. The molecule has 0 amide bonds. The van der Waals surface area contributed by atoms with Gasteiger partial charge in [0.1, 0.15) is 0 Å². The third-order valence-electron chi connectivity index (χ3n) is 1.37. The van der Waals surface area contributed by atoms with Gasteiger partial charge in [-0.25, -0.2) is 9.59 Å². The van der Waals surface area contributed by atoms with Crippen LogP contribution in [-0.2, 0) is 19.1 Å². The Labute approximate surface area is 87.8 Å². The quantitative estimate of drug-likeness (QED) is 0.505. The first-order valence-electron chi connectivity index (χ1n) is 4.54. The van der Waals surface area contributed by atoms with Crippen molar-refractivity contribution in [3.05, 3.63) is 0 Å². The van der Waals surface area contributed by atoms with Crippen molar-refractivity contribution < 1.29 is 29.3 Å². The maximum absolute atomic E-state index is 10.9. The molecule has 0 rings (SSSR count). The molecule has 0 heterocycles. The zero-order valence-corrected chi connectivity index (χ0v) is 9.18. The minimum absolute atomic E-state index is 0.573. The van der Waals surface area contributed by atoms with E-state index in [1.807, 2.05) is 0 Å². The highest BCUT2D eigenvalue weighted by Crippen LogP contribution is 2.19. The highest BCUT2D eigenvalue weighted by molar-refractivity contribution is 6.00. The fraction of sp³-hybridized carbons (Fsp3) is 0.778. The highest BCUT2D eigenvalue weighted by atomic mass is 16.7. The van der Waals surface area contributed by atoms with E-state index in [9.17, 15) is 9.59 Å². The largest absolute Gasteiger partial charge is 0.477 e. The lowest BCUT2D eigenvalue weighted by molar-refractivity contribution is -0.266. The number of carboxylic acids is 2. The summed E-state index contributed by atoms with van der Waals surface area (Å²) >= 11 is 0. The van der Waals surface area contributed by atoms with Gasteiger partial charge in [-0.15, -0.1) is 0 Å². The third kappa shape index (κ3) is 3.49. The second-order valence-corrected chi connectivity index (χ2v) is 3.56. The van der Waals surface area contributed by atoms with E-state index >= 15 is 0 Å². The average molecular weight is 220 g/mol. The van der Waals surface area contributed by atoms with Crippen LogP contribution in [0.5, 0.6) is 0 Å². The standard InChI is InChI=1S/C9H16O6/c1-5(2)14-9(7(10)11,8(12)13)15-6(3)4/h5-6H,1-4H3,(H,10,11)(H,12,13). The molecule has 0 aliphatic heterocycles. The minimum atomic E-state index is -2.62. The summed E-state index contributed by atoms with van der Waals surface area (Å²) in [7, 11) is 0. The lowest BCUT2D eigenvalue weighted by Crippen LogP contribution is -2.54. The molecule has 6 heteroatoms. The van der Waals surface area contributed by atoms with Crippen molar-refractivity contribution in [2.75, 3.05) is 0 Å². The average Bonchev–Trinajstić information content (AvgIpc) is 1.99. The molecule has 0 bridgehead atoms. The van der Waals surface area contributed by atoms with Gasteiger partial charge in [0.05, 0.1) is 12.2 Å². The van der Waals surface area contributed by atoms with E-state index in [4.69, 9.17) is 19.7 Å². The number of hydrogen-bond donors (Lipinski definition) is 2. The van der Waals surface area contributed by atoms with Crippen LogP contribution in [0.4, 0.5) is 0 Å². The van der Waals surface area contributed by atoms with Crippen LogP contribution in [0.1, 0.15) is 27.7 Å². The zero-order chi connectivity index (χ0) is 12.2. The molecule has 6 nitrogen and oxygen atoms in total. The van der Waals surface area contributed by atoms with Crippen LogP contribution < -0.4 is 0 Å². The van der Waals surface area contributed by atoms with Gasteiger partial charge in [0.25, 0.3) is 0 Å². The Morgan fingerprint density at radius 1 is 0.933 bits per heavy atom. The predicted octanol–water partition coefficient (Wildman–Crippen LogP) is 0.702. The first kappa shape index (κ1) is 13.9. The summed E-state index contributed by atoms with van der Waals surface area (Å²) in [5, 5.41) is 17.7. The number of carboxylic acid groups (broad SMARTS) is 2. The van der Waals surface area contributed by atoms with Gasteiger partial charge in [-0.2, -0.15) is 0 Å². The van der Waals surface area contributed by atoms with Gasteiger partial charge in [-0.05, 0) is 27.7 Å². The Balaban J connectivity index is 5.08. The molecule has 88 valence electrons. The number of rotatable bonds is 6. The Bertz CT molecular complexity index is 219. The van der Waals surface area contributed by atoms with Crippen molar-refractivity contribution in [3.63, 3.8) is 0 Å². The predicted molar refractivity (Wildman–Crippen MR) is 50.4 cm³/mol. The van der Waals surface area contributed by atoms with Gasteiger partial charge in [0.15, 0.2) is 0 Å². The van der Waals surface area contributed by atoms with Crippen molar-refractivity contribution in [2.45, 2.75) is 45.7 Å². The molecule has 0 saturated carbocycles. The number of carbonyl (C=O) groups is 2. The summed E-state index contributed by atoms with van der Waals surface area (Å²) in [6.07, 6.45) is -1.15. The van der Waals surface area contributed by atoms with Gasteiger partial charge < -0.3 is 19.7 Å². The third-order valence-corrected chi connectivity index (χ3v) is 1.37. The molecule has 0 aliphatic rings. The monoisotopic (exact) mass is 220 g/mol. The molecule has 15 heavy (non-hydrogen) atoms. The van der Waals surface area contributed by atoms with Gasteiger partial charge in [0.2, 0.25) is 0 Å². The van der Waals surface area contributed by atoms with Crippen LogP contribution in [-0.4, -0.2) is 40.1 Å². The summed E-state index contributed by atoms with van der Waals surface area (Å²) < 4.78 is 9.70. The number of aliphatic carboxylic acids is 2. The fourth-order valence-corrected chi connectivity index (χ4v) is 0.985. The molecule has 0 aromatic heterocycles. The molecular formula is C9H16O6. The van der Waals surface area contributed by atoms with Crippen LogP contribution in [0, 0.1) is 0 Å². The molecule has 0 fully saturated rings. The topological polar surface area (TPSA) is 93.1 Å². The summed E-state index contributed by atoms with van der Waals surface area (Å²) in [5.74, 6) is -5.96. The van der Waals surface area contributed by atoms with Crippen molar-refractivity contribution in [1.82, 2.24) is 0 Å². The van der Waals surface area contributed by atoms with E-state index in [-0.39, 0.29) is 0 Å². The van der Waals surface area contributed by atoms with E-state index in [1.54, 1.807) is 0 Å². The second-order valence-electron chi connectivity index (χ2n) is 3.56. The van der Waals surface area contributed by atoms with E-state index < -0.39 is 29.9 Å². The first-order chi connectivity index (χ1) is 6.72. The minimum Gasteiger partial charge on any atom is -0.477 e. The molecule has 0 atom stereocenters. The van der Waals surface area contributed by atoms with Gasteiger partial charge in [0, 0.05) is 0 Å². The molecule has 0 radical (unpaired) electrons. The molecule has 0 aromatic carbocycles. The Morgan fingerprint density at radius 3 is 1.33 bits per heavy atom. The van der Waals surface area contributed by atoms with Gasteiger partial charge in [-0.3, -0.25) is 0 Å². The Morgan fingerprint density at radius 2 is 1.20 bits per heavy atom.